The van der Waals surface area contributed by atoms with Crippen molar-refractivity contribution in [3.8, 4) is 0 Å². The molecule has 0 heterocycles. The Morgan fingerprint density at radius 3 is 2.29 bits per heavy atom. The van der Waals surface area contributed by atoms with E-state index in [1.807, 2.05) is 0 Å². The minimum Gasteiger partial charge on any atom is -0.348 e. The third-order valence-corrected chi connectivity index (χ3v) is 5.70. The number of carbonyl (C=O) groups excluding carboxylic acids is 2. The van der Waals surface area contributed by atoms with Crippen molar-refractivity contribution in [2.45, 2.75) is 25.3 Å². The zero-order chi connectivity index (χ0) is 20.9. The number of halogens is 1. The molecule has 150 valence electrons. The Hall–Kier alpha value is -2.42. The van der Waals surface area contributed by atoms with Gasteiger partial charge in [0.1, 0.15) is 0 Å². The van der Waals surface area contributed by atoms with Crippen LogP contribution in [0.1, 0.15) is 29.8 Å². The van der Waals surface area contributed by atoms with E-state index in [0.29, 0.717) is 5.69 Å². The topological polar surface area (TPSA) is 104 Å². The normalized spacial score (nSPS) is 11.3. The first-order valence-corrected chi connectivity index (χ1v) is 10.4. The zero-order valence-electron chi connectivity index (χ0n) is 15.7. The van der Waals surface area contributed by atoms with Gasteiger partial charge >= 0.3 is 0 Å². The van der Waals surface area contributed by atoms with Gasteiger partial charge in [-0.15, -0.1) is 0 Å². The molecule has 0 aromatic heterocycles. The van der Waals surface area contributed by atoms with Crippen LogP contribution in [0.15, 0.2) is 47.4 Å². The lowest BCUT2D eigenvalue weighted by Gasteiger charge is -2.10. The quantitative estimate of drug-likeness (QED) is 0.636. The maximum absolute atomic E-state index is 12.4. The summed E-state index contributed by atoms with van der Waals surface area (Å²) in [6.45, 7) is 3.83. The Kier molecular flexibility index (Phi) is 7.17. The smallest absolute Gasteiger partial charge is 0.253 e. The maximum atomic E-state index is 12.4. The van der Waals surface area contributed by atoms with Crippen molar-refractivity contribution in [2.24, 2.45) is 5.92 Å². The standard InChI is InChI=1S/C19H22ClN3O4S/c1-12(2)18(24)23-14-6-4-13(5-7-14)11-22-19(25)16-10-15(8-9-17(16)20)28(26,27)21-3/h4-10,12,21H,11H2,1-3H3,(H,22,25)(H,23,24). The number of hydrogen-bond acceptors (Lipinski definition) is 4. The highest BCUT2D eigenvalue weighted by atomic mass is 35.5. The van der Waals surface area contributed by atoms with Crippen molar-refractivity contribution in [1.29, 1.82) is 0 Å². The van der Waals surface area contributed by atoms with Crippen LogP contribution < -0.4 is 15.4 Å². The Bertz CT molecular complexity index is 973. The fourth-order valence-corrected chi connectivity index (χ4v) is 3.19. The van der Waals surface area contributed by atoms with E-state index in [2.05, 4.69) is 15.4 Å². The molecule has 0 aliphatic heterocycles. The van der Waals surface area contributed by atoms with E-state index >= 15 is 0 Å². The molecule has 0 spiro atoms. The van der Waals surface area contributed by atoms with Gasteiger partial charge in [-0.05, 0) is 42.9 Å². The Morgan fingerprint density at radius 2 is 1.71 bits per heavy atom. The second kappa shape index (κ2) is 9.18. The molecule has 0 fully saturated rings. The Labute approximate surface area is 169 Å². The third kappa shape index (κ3) is 5.54. The molecule has 0 aliphatic rings. The molecule has 0 aliphatic carbocycles. The fourth-order valence-electron chi connectivity index (χ4n) is 2.23. The highest BCUT2D eigenvalue weighted by Crippen LogP contribution is 2.20. The summed E-state index contributed by atoms with van der Waals surface area (Å²) in [5.74, 6) is -0.686. The summed E-state index contributed by atoms with van der Waals surface area (Å²) in [6.07, 6.45) is 0. The van der Waals surface area contributed by atoms with Crippen molar-refractivity contribution in [2.75, 3.05) is 12.4 Å². The Balaban J connectivity index is 2.06. The molecule has 0 saturated heterocycles. The number of amides is 2. The lowest BCUT2D eigenvalue weighted by atomic mass is 10.1. The van der Waals surface area contributed by atoms with Crippen LogP contribution in [0, 0.1) is 5.92 Å². The molecule has 0 atom stereocenters. The van der Waals surface area contributed by atoms with Gasteiger partial charge in [0.05, 0.1) is 15.5 Å². The van der Waals surface area contributed by atoms with Crippen molar-refractivity contribution >= 4 is 39.1 Å². The van der Waals surface area contributed by atoms with Gasteiger partial charge < -0.3 is 10.6 Å². The van der Waals surface area contributed by atoms with Crippen LogP contribution >= 0.6 is 11.6 Å². The highest BCUT2D eigenvalue weighted by molar-refractivity contribution is 7.89. The number of hydrogen-bond donors (Lipinski definition) is 3. The molecular weight excluding hydrogens is 402 g/mol. The predicted molar refractivity (Wildman–Crippen MR) is 109 cm³/mol. The molecule has 9 heteroatoms. The number of nitrogens with one attached hydrogen (secondary N) is 3. The molecule has 0 bridgehead atoms. The monoisotopic (exact) mass is 423 g/mol. The van der Waals surface area contributed by atoms with Crippen molar-refractivity contribution in [3.05, 3.63) is 58.6 Å². The van der Waals surface area contributed by atoms with Gasteiger partial charge in [0.2, 0.25) is 15.9 Å². The summed E-state index contributed by atoms with van der Waals surface area (Å²) in [6, 6.07) is 11.0. The summed E-state index contributed by atoms with van der Waals surface area (Å²) < 4.78 is 26.0. The first-order valence-electron chi connectivity index (χ1n) is 8.55. The molecule has 0 radical (unpaired) electrons. The second-order valence-electron chi connectivity index (χ2n) is 6.37. The fraction of sp³-hybridized carbons (Fsp3) is 0.263. The molecule has 0 saturated carbocycles. The first-order chi connectivity index (χ1) is 13.1. The van der Waals surface area contributed by atoms with Gasteiger partial charge in [0.25, 0.3) is 5.91 Å². The minimum atomic E-state index is -3.68. The molecule has 2 rings (SSSR count). The molecule has 28 heavy (non-hydrogen) atoms. The van der Waals surface area contributed by atoms with E-state index in [1.165, 1.54) is 25.2 Å². The van der Waals surface area contributed by atoms with Gasteiger partial charge in [-0.1, -0.05) is 37.6 Å². The van der Waals surface area contributed by atoms with Gasteiger partial charge in [0.15, 0.2) is 0 Å². The average Bonchev–Trinajstić information content (AvgIpc) is 2.67. The number of benzene rings is 2. The van der Waals surface area contributed by atoms with Crippen LogP contribution in [0.3, 0.4) is 0 Å². The molecular formula is C19H22ClN3O4S. The molecule has 7 nitrogen and oxygen atoms in total. The number of carbonyl (C=O) groups is 2. The third-order valence-electron chi connectivity index (χ3n) is 3.96. The van der Waals surface area contributed by atoms with Crippen LogP contribution in [0.25, 0.3) is 0 Å². The van der Waals surface area contributed by atoms with Crippen LogP contribution in [0.5, 0.6) is 0 Å². The molecule has 2 aromatic carbocycles. The SMILES string of the molecule is CNS(=O)(=O)c1ccc(Cl)c(C(=O)NCc2ccc(NC(=O)C(C)C)cc2)c1. The number of rotatable bonds is 7. The molecule has 2 amide bonds. The highest BCUT2D eigenvalue weighted by Gasteiger charge is 2.17. The van der Waals surface area contributed by atoms with Crippen molar-refractivity contribution in [1.82, 2.24) is 10.0 Å². The van der Waals surface area contributed by atoms with Crippen LogP contribution in [-0.2, 0) is 21.4 Å². The van der Waals surface area contributed by atoms with Gasteiger partial charge in [-0.25, -0.2) is 13.1 Å². The number of sulfonamides is 1. The summed E-state index contributed by atoms with van der Waals surface area (Å²) in [5, 5.41) is 5.64. The van der Waals surface area contributed by atoms with E-state index < -0.39 is 15.9 Å². The van der Waals surface area contributed by atoms with Gasteiger partial charge in [-0.2, -0.15) is 0 Å². The summed E-state index contributed by atoms with van der Waals surface area (Å²) in [7, 11) is -2.39. The van der Waals surface area contributed by atoms with E-state index in [1.54, 1.807) is 38.1 Å². The maximum Gasteiger partial charge on any atom is 0.253 e. The van der Waals surface area contributed by atoms with E-state index in [9.17, 15) is 18.0 Å². The van der Waals surface area contributed by atoms with Gasteiger partial charge in [-0.3, -0.25) is 9.59 Å². The van der Waals surface area contributed by atoms with Crippen molar-refractivity contribution in [3.63, 3.8) is 0 Å². The molecule has 0 unspecified atom stereocenters. The lowest BCUT2D eigenvalue weighted by molar-refractivity contribution is -0.118. The Morgan fingerprint density at radius 1 is 1.07 bits per heavy atom. The summed E-state index contributed by atoms with van der Waals surface area (Å²) in [5.41, 5.74) is 1.55. The zero-order valence-corrected chi connectivity index (χ0v) is 17.3. The predicted octanol–water partition coefficient (Wildman–Crippen LogP) is 2.77. The summed E-state index contributed by atoms with van der Waals surface area (Å²) >= 11 is 6.04. The summed E-state index contributed by atoms with van der Waals surface area (Å²) in [4.78, 5) is 24.1. The first kappa shape index (κ1) is 21.9. The van der Waals surface area contributed by atoms with E-state index in [4.69, 9.17) is 11.6 Å². The van der Waals surface area contributed by atoms with Crippen LogP contribution in [0.4, 0.5) is 5.69 Å². The number of anilines is 1. The lowest BCUT2D eigenvalue weighted by Crippen LogP contribution is -2.24. The van der Waals surface area contributed by atoms with Crippen LogP contribution in [0.2, 0.25) is 5.02 Å². The van der Waals surface area contributed by atoms with E-state index in [0.717, 1.165) is 5.56 Å². The van der Waals surface area contributed by atoms with Crippen molar-refractivity contribution < 1.29 is 18.0 Å². The molecule has 3 N–H and O–H groups in total. The average molecular weight is 424 g/mol. The van der Waals surface area contributed by atoms with Crippen LogP contribution in [-0.4, -0.2) is 27.3 Å². The van der Waals surface area contributed by atoms with Gasteiger partial charge in [0, 0.05) is 18.2 Å². The largest absolute Gasteiger partial charge is 0.348 e. The molecule has 2 aromatic rings. The van der Waals surface area contributed by atoms with E-state index in [-0.39, 0.29) is 33.9 Å². The second-order valence-corrected chi connectivity index (χ2v) is 8.67. The minimum absolute atomic E-state index is 0.0465.